The molecule has 9 nitrogen and oxygen atoms in total. The second-order valence-corrected chi connectivity index (χ2v) is 9.94. The molecule has 1 aliphatic heterocycles. The minimum absolute atomic E-state index is 0.0730. The highest BCUT2D eigenvalue weighted by Crippen LogP contribution is 2.36. The van der Waals surface area contributed by atoms with E-state index in [2.05, 4.69) is 44.5 Å². The molecule has 0 radical (unpaired) electrons. The van der Waals surface area contributed by atoms with E-state index in [-0.39, 0.29) is 24.1 Å². The highest BCUT2D eigenvalue weighted by molar-refractivity contribution is 7.14. The molecule has 0 amide bonds. The molecule has 192 valence electrons. The number of anilines is 3. The number of H-pyrrole nitrogens is 1. The average Bonchev–Trinajstić information content (AvgIpc) is 3.40. The predicted molar refractivity (Wildman–Crippen MR) is 150 cm³/mol. The van der Waals surface area contributed by atoms with Gasteiger partial charge in [-0.2, -0.15) is 0 Å². The van der Waals surface area contributed by atoms with E-state index >= 15 is 0 Å². The van der Waals surface area contributed by atoms with Gasteiger partial charge in [-0.1, -0.05) is 42.5 Å². The summed E-state index contributed by atoms with van der Waals surface area (Å²) in [6.45, 7) is 2.66. The summed E-state index contributed by atoms with van der Waals surface area (Å²) in [6.07, 6.45) is -0.0792. The fourth-order valence-electron chi connectivity index (χ4n) is 4.74. The first-order valence-corrected chi connectivity index (χ1v) is 13.3. The summed E-state index contributed by atoms with van der Waals surface area (Å²) in [5, 5.41) is 17.6. The summed E-state index contributed by atoms with van der Waals surface area (Å²) in [6, 6.07) is 18.3. The van der Waals surface area contributed by atoms with Gasteiger partial charge in [-0.05, 0) is 22.9 Å². The first kappa shape index (κ1) is 24.1. The molecule has 0 saturated carbocycles. The number of carboxylic acid groups (broad SMARTS) is 1. The van der Waals surface area contributed by atoms with Crippen molar-refractivity contribution in [1.82, 2.24) is 15.0 Å². The minimum atomic E-state index is -0.967. The summed E-state index contributed by atoms with van der Waals surface area (Å²) in [4.78, 5) is 38.1. The Labute approximate surface area is 221 Å². The summed E-state index contributed by atoms with van der Waals surface area (Å²) in [5.41, 5.74) is 4.69. The Balaban J connectivity index is 1.38. The normalized spacial score (nSPS) is 13.7. The van der Waals surface area contributed by atoms with Crippen LogP contribution >= 0.6 is 11.3 Å². The molecule has 0 bridgehead atoms. The summed E-state index contributed by atoms with van der Waals surface area (Å²) in [7, 11) is 0. The van der Waals surface area contributed by atoms with Crippen LogP contribution in [0.3, 0.4) is 0 Å². The number of hydrogen-bond acceptors (Lipinski definition) is 8. The second-order valence-electron chi connectivity index (χ2n) is 9.08. The van der Waals surface area contributed by atoms with Gasteiger partial charge < -0.3 is 25.0 Å². The van der Waals surface area contributed by atoms with Crippen molar-refractivity contribution in [1.29, 1.82) is 0 Å². The molecule has 0 aliphatic carbocycles. The van der Waals surface area contributed by atoms with Crippen molar-refractivity contribution in [3.05, 3.63) is 76.0 Å². The first-order chi connectivity index (χ1) is 18.5. The molecule has 38 heavy (non-hydrogen) atoms. The van der Waals surface area contributed by atoms with Gasteiger partial charge in [0.25, 0.3) is 5.56 Å². The maximum absolute atomic E-state index is 12.6. The molecule has 0 unspecified atom stereocenters. The number of aliphatic carboxylic acids is 1. The number of nitrogens with one attached hydrogen (secondary N) is 2. The number of aromatic amines is 1. The van der Waals surface area contributed by atoms with Gasteiger partial charge in [0, 0.05) is 30.5 Å². The molecule has 6 rings (SSSR count). The Morgan fingerprint density at radius 1 is 1.11 bits per heavy atom. The number of morpholine rings is 1. The molecule has 3 N–H and O–H groups in total. The van der Waals surface area contributed by atoms with Gasteiger partial charge in [0.1, 0.15) is 5.69 Å². The van der Waals surface area contributed by atoms with Gasteiger partial charge in [-0.3, -0.25) is 9.59 Å². The minimum Gasteiger partial charge on any atom is -0.481 e. The molecule has 3 aromatic carbocycles. The third-order valence-electron chi connectivity index (χ3n) is 6.62. The molecule has 1 saturated heterocycles. The van der Waals surface area contributed by atoms with E-state index in [1.54, 1.807) is 0 Å². The number of carbonyl (C=O) groups is 1. The van der Waals surface area contributed by atoms with Crippen LogP contribution in [-0.4, -0.2) is 52.3 Å². The van der Waals surface area contributed by atoms with Crippen LogP contribution in [0.2, 0.25) is 0 Å². The van der Waals surface area contributed by atoms with Gasteiger partial charge in [-0.25, -0.2) is 9.97 Å². The fraction of sp³-hybridized carbons (Fsp3) is 0.214. The highest BCUT2D eigenvalue weighted by Gasteiger charge is 2.19. The van der Waals surface area contributed by atoms with Crippen molar-refractivity contribution < 1.29 is 14.6 Å². The topological polar surface area (TPSA) is 120 Å². The number of ether oxygens (including phenoxy) is 1. The van der Waals surface area contributed by atoms with E-state index in [1.165, 1.54) is 11.3 Å². The number of hydrogen-bond donors (Lipinski definition) is 3. The van der Waals surface area contributed by atoms with E-state index in [0.717, 1.165) is 38.5 Å². The highest BCUT2D eigenvalue weighted by atomic mass is 32.1. The molecule has 10 heteroatoms. The molecular formula is C28H25N5O4S. The van der Waals surface area contributed by atoms with E-state index in [0.29, 0.717) is 37.3 Å². The quantitative estimate of drug-likeness (QED) is 0.276. The van der Waals surface area contributed by atoms with Crippen molar-refractivity contribution in [3.63, 3.8) is 0 Å². The Hall–Kier alpha value is -4.28. The lowest BCUT2D eigenvalue weighted by molar-refractivity contribution is -0.136. The van der Waals surface area contributed by atoms with Crippen LogP contribution < -0.4 is 15.8 Å². The number of nitrogens with zero attached hydrogens (tertiary/aromatic N) is 3. The molecule has 3 heterocycles. The van der Waals surface area contributed by atoms with E-state index in [9.17, 15) is 9.59 Å². The molecule has 5 aromatic rings. The average molecular weight is 528 g/mol. The molecular weight excluding hydrogens is 502 g/mol. The second kappa shape index (κ2) is 10.2. The summed E-state index contributed by atoms with van der Waals surface area (Å²) >= 11 is 1.51. The molecule has 0 atom stereocenters. The van der Waals surface area contributed by atoms with Gasteiger partial charge in [0.05, 0.1) is 47.7 Å². The number of carboxylic acids is 1. The Kier molecular flexibility index (Phi) is 6.48. The van der Waals surface area contributed by atoms with Crippen molar-refractivity contribution >= 4 is 55.6 Å². The molecule has 1 aliphatic rings. The van der Waals surface area contributed by atoms with Gasteiger partial charge in [0.2, 0.25) is 0 Å². The maximum Gasteiger partial charge on any atom is 0.303 e. The van der Waals surface area contributed by atoms with Crippen molar-refractivity contribution in [2.24, 2.45) is 0 Å². The SMILES string of the molecule is O=C(O)CCc1nc2cc(N3CCOCC3)c(Nc3nc(-c4cccc5ccccc45)cs3)cc2[nH]c1=O. The van der Waals surface area contributed by atoms with Crippen LogP contribution in [0.5, 0.6) is 0 Å². The third kappa shape index (κ3) is 4.83. The van der Waals surface area contributed by atoms with E-state index in [4.69, 9.17) is 14.8 Å². The summed E-state index contributed by atoms with van der Waals surface area (Å²) in [5.74, 6) is -0.967. The number of aromatic nitrogens is 3. The van der Waals surface area contributed by atoms with Crippen LogP contribution in [-0.2, 0) is 16.0 Å². The zero-order chi connectivity index (χ0) is 26.1. The Morgan fingerprint density at radius 2 is 1.92 bits per heavy atom. The largest absolute Gasteiger partial charge is 0.481 e. The van der Waals surface area contributed by atoms with Gasteiger partial charge in [-0.15, -0.1) is 11.3 Å². The smallest absolute Gasteiger partial charge is 0.303 e. The van der Waals surface area contributed by atoms with Gasteiger partial charge in [0.15, 0.2) is 5.13 Å². The third-order valence-corrected chi connectivity index (χ3v) is 7.38. The van der Waals surface area contributed by atoms with Crippen molar-refractivity contribution in [2.75, 3.05) is 36.5 Å². The monoisotopic (exact) mass is 527 g/mol. The Bertz CT molecular complexity index is 1700. The number of fused-ring (bicyclic) bond motifs is 2. The van der Waals surface area contributed by atoms with E-state index < -0.39 is 5.97 Å². The lowest BCUT2D eigenvalue weighted by Gasteiger charge is -2.30. The van der Waals surface area contributed by atoms with Crippen molar-refractivity contribution in [3.8, 4) is 11.3 Å². The standard InChI is InChI=1S/C28H25N5O4S/c34-26(35)9-8-20-27(36)30-21-14-23(25(15-22(21)29-20)33-10-12-37-13-11-33)31-28-32-24(16-38-28)19-7-3-5-17-4-1-2-6-18(17)19/h1-7,14-16H,8-13H2,(H,30,36)(H,31,32)(H,34,35). The number of aryl methyl sites for hydroxylation is 1. The van der Waals surface area contributed by atoms with Crippen LogP contribution in [0.1, 0.15) is 12.1 Å². The maximum atomic E-state index is 12.6. The molecule has 0 spiro atoms. The summed E-state index contributed by atoms with van der Waals surface area (Å²) < 4.78 is 5.55. The van der Waals surface area contributed by atoms with Crippen LogP contribution in [0.15, 0.2) is 64.8 Å². The lowest BCUT2D eigenvalue weighted by atomic mass is 10.0. The number of rotatable bonds is 7. The van der Waals surface area contributed by atoms with Crippen molar-refractivity contribution in [2.45, 2.75) is 12.8 Å². The molecule has 2 aromatic heterocycles. The van der Waals surface area contributed by atoms with Crippen LogP contribution in [0.4, 0.5) is 16.5 Å². The van der Waals surface area contributed by atoms with Gasteiger partial charge >= 0.3 is 5.97 Å². The lowest BCUT2D eigenvalue weighted by Crippen LogP contribution is -2.36. The van der Waals surface area contributed by atoms with Crippen LogP contribution in [0.25, 0.3) is 33.1 Å². The zero-order valence-electron chi connectivity index (χ0n) is 20.4. The van der Waals surface area contributed by atoms with E-state index in [1.807, 2.05) is 35.7 Å². The predicted octanol–water partition coefficient (Wildman–Crippen LogP) is 4.80. The molecule has 1 fully saturated rings. The zero-order valence-corrected chi connectivity index (χ0v) is 21.3. The first-order valence-electron chi connectivity index (χ1n) is 12.4. The fourth-order valence-corrected chi connectivity index (χ4v) is 5.46. The number of benzene rings is 3. The Morgan fingerprint density at radius 3 is 2.76 bits per heavy atom. The van der Waals surface area contributed by atoms with Crippen LogP contribution in [0, 0.1) is 0 Å². The number of thiazole rings is 1.